The molecule has 1 aliphatic heterocycles. The van der Waals surface area contributed by atoms with E-state index in [-0.39, 0.29) is 5.92 Å². The van der Waals surface area contributed by atoms with E-state index >= 15 is 0 Å². The van der Waals surface area contributed by atoms with Crippen LogP contribution in [-0.4, -0.2) is 38.0 Å². The number of ether oxygens (including phenoxy) is 1. The fourth-order valence-electron chi connectivity index (χ4n) is 4.11. The Hall–Kier alpha value is -2.38. The maximum atomic E-state index is 13.7. The molecule has 0 atom stereocenters. The predicted octanol–water partition coefficient (Wildman–Crippen LogP) is 4.80. The van der Waals surface area contributed by atoms with Crippen molar-refractivity contribution in [2.24, 2.45) is 5.92 Å². The van der Waals surface area contributed by atoms with Crippen molar-refractivity contribution in [3.05, 3.63) is 54.2 Å². The number of sulfonamides is 1. The molecule has 2 aromatic carbocycles. The molecule has 0 radical (unpaired) electrons. The molecule has 1 aromatic heterocycles. The number of anilines is 1. The summed E-state index contributed by atoms with van der Waals surface area (Å²) >= 11 is 0. The second kappa shape index (κ2) is 9.01. The van der Waals surface area contributed by atoms with Gasteiger partial charge in [-0.05, 0) is 61.1 Å². The molecule has 3 aromatic rings. The van der Waals surface area contributed by atoms with Crippen molar-refractivity contribution in [2.75, 3.05) is 24.1 Å². The normalized spacial score (nSPS) is 15.6. The summed E-state index contributed by atoms with van der Waals surface area (Å²) in [4.78, 5) is 0.298. The summed E-state index contributed by atoms with van der Waals surface area (Å²) in [5, 5.41) is 5.41. The van der Waals surface area contributed by atoms with Gasteiger partial charge in [0, 0.05) is 25.1 Å². The summed E-state index contributed by atoms with van der Waals surface area (Å²) in [5.41, 5.74) is 2.85. The molecule has 0 aliphatic carbocycles. The van der Waals surface area contributed by atoms with Crippen LogP contribution in [0.15, 0.2) is 53.6 Å². The van der Waals surface area contributed by atoms with E-state index < -0.39 is 10.0 Å². The highest BCUT2D eigenvalue weighted by Crippen LogP contribution is 2.30. The van der Waals surface area contributed by atoms with E-state index in [1.54, 1.807) is 18.3 Å². The number of aromatic nitrogens is 2. The van der Waals surface area contributed by atoms with Crippen LogP contribution in [0.3, 0.4) is 0 Å². The standard InChI is InChI=1S/C24H31N3O3S/c1-4-19-5-7-21(8-6-19)26(17-18(2)3)31(28,29)23-9-10-24-20(15-23)16-25-27(24)22-11-13-30-14-12-22/h5-10,15-16,18,22H,4,11-14,17H2,1-3H3. The zero-order chi connectivity index (χ0) is 22.0. The van der Waals surface area contributed by atoms with Gasteiger partial charge in [0.2, 0.25) is 0 Å². The van der Waals surface area contributed by atoms with Crippen LogP contribution in [-0.2, 0) is 21.2 Å². The van der Waals surface area contributed by atoms with Gasteiger partial charge < -0.3 is 4.74 Å². The Labute approximate surface area is 184 Å². The molecule has 0 amide bonds. The van der Waals surface area contributed by atoms with Crippen LogP contribution >= 0.6 is 0 Å². The van der Waals surface area contributed by atoms with Gasteiger partial charge in [0.15, 0.2) is 0 Å². The molecule has 0 spiro atoms. The van der Waals surface area contributed by atoms with E-state index in [2.05, 4.69) is 12.0 Å². The molecule has 1 aliphatic rings. The van der Waals surface area contributed by atoms with Gasteiger partial charge in [-0.15, -0.1) is 0 Å². The second-order valence-electron chi connectivity index (χ2n) is 8.60. The number of hydrogen-bond acceptors (Lipinski definition) is 4. The fourth-order valence-corrected chi connectivity index (χ4v) is 5.78. The molecule has 7 heteroatoms. The fraction of sp³-hybridized carbons (Fsp3) is 0.458. The molecule has 0 saturated carbocycles. The smallest absolute Gasteiger partial charge is 0.264 e. The van der Waals surface area contributed by atoms with Gasteiger partial charge in [0.05, 0.1) is 28.3 Å². The van der Waals surface area contributed by atoms with Gasteiger partial charge in [0.1, 0.15) is 0 Å². The van der Waals surface area contributed by atoms with Crippen molar-refractivity contribution < 1.29 is 13.2 Å². The first-order valence-electron chi connectivity index (χ1n) is 11.1. The number of fused-ring (bicyclic) bond motifs is 1. The average molecular weight is 442 g/mol. The monoisotopic (exact) mass is 441 g/mol. The highest BCUT2D eigenvalue weighted by molar-refractivity contribution is 7.92. The van der Waals surface area contributed by atoms with Gasteiger partial charge in [-0.1, -0.05) is 32.9 Å². The summed E-state index contributed by atoms with van der Waals surface area (Å²) in [7, 11) is -3.70. The number of benzene rings is 2. The highest BCUT2D eigenvalue weighted by atomic mass is 32.2. The Morgan fingerprint density at radius 1 is 1.13 bits per heavy atom. The third kappa shape index (κ3) is 4.48. The minimum Gasteiger partial charge on any atom is -0.381 e. The summed E-state index contributed by atoms with van der Waals surface area (Å²) in [6.07, 6.45) is 4.54. The molecule has 4 rings (SSSR count). The lowest BCUT2D eigenvalue weighted by molar-refractivity contribution is 0.0675. The molecule has 1 fully saturated rings. The van der Waals surface area contributed by atoms with E-state index in [1.807, 2.05) is 48.9 Å². The Kier molecular flexibility index (Phi) is 6.34. The minimum atomic E-state index is -3.70. The third-order valence-corrected chi connectivity index (χ3v) is 7.65. The van der Waals surface area contributed by atoms with Crippen LogP contribution in [0.2, 0.25) is 0 Å². The molecule has 0 unspecified atom stereocenters. The molecular formula is C24H31N3O3S. The quantitative estimate of drug-likeness (QED) is 0.528. The SMILES string of the molecule is CCc1ccc(N(CC(C)C)S(=O)(=O)c2ccc3c(cnn3C3CCOCC3)c2)cc1. The van der Waals surface area contributed by atoms with Crippen molar-refractivity contribution in [3.63, 3.8) is 0 Å². The number of aryl methyl sites for hydroxylation is 1. The Morgan fingerprint density at radius 2 is 1.84 bits per heavy atom. The third-order valence-electron chi connectivity index (χ3n) is 5.86. The largest absolute Gasteiger partial charge is 0.381 e. The van der Waals surface area contributed by atoms with E-state index in [9.17, 15) is 8.42 Å². The number of nitrogens with zero attached hydrogens (tertiary/aromatic N) is 3. The molecular weight excluding hydrogens is 410 g/mol. The number of hydrogen-bond donors (Lipinski definition) is 0. The Morgan fingerprint density at radius 3 is 2.48 bits per heavy atom. The first-order valence-corrected chi connectivity index (χ1v) is 12.5. The molecule has 6 nitrogen and oxygen atoms in total. The molecule has 166 valence electrons. The molecule has 2 heterocycles. The van der Waals surface area contributed by atoms with Gasteiger partial charge in [-0.3, -0.25) is 8.99 Å². The topological polar surface area (TPSA) is 64.4 Å². The zero-order valence-electron chi connectivity index (χ0n) is 18.5. The molecule has 31 heavy (non-hydrogen) atoms. The Bertz CT molecular complexity index is 1130. The summed E-state index contributed by atoms with van der Waals surface area (Å²) in [6, 6.07) is 13.4. The lowest BCUT2D eigenvalue weighted by atomic mass is 10.1. The first kappa shape index (κ1) is 21.8. The van der Waals surface area contributed by atoms with Crippen LogP contribution in [0.25, 0.3) is 10.9 Å². The maximum absolute atomic E-state index is 13.7. The summed E-state index contributed by atoms with van der Waals surface area (Å²) in [5.74, 6) is 0.195. The van der Waals surface area contributed by atoms with Crippen LogP contribution in [0.5, 0.6) is 0 Å². The van der Waals surface area contributed by atoms with Crippen LogP contribution in [0.1, 0.15) is 45.2 Å². The van der Waals surface area contributed by atoms with Crippen molar-refractivity contribution >= 4 is 26.6 Å². The second-order valence-corrected chi connectivity index (χ2v) is 10.5. The summed E-state index contributed by atoms with van der Waals surface area (Å²) in [6.45, 7) is 8.05. The van der Waals surface area contributed by atoms with Gasteiger partial charge in [0.25, 0.3) is 10.0 Å². The van der Waals surface area contributed by atoms with E-state index in [0.29, 0.717) is 23.2 Å². The van der Waals surface area contributed by atoms with E-state index in [0.717, 1.165) is 43.4 Å². The maximum Gasteiger partial charge on any atom is 0.264 e. The van der Waals surface area contributed by atoms with Gasteiger partial charge in [-0.2, -0.15) is 5.10 Å². The Balaban J connectivity index is 1.70. The van der Waals surface area contributed by atoms with Gasteiger partial charge in [-0.25, -0.2) is 8.42 Å². The van der Waals surface area contributed by atoms with Crippen LogP contribution in [0, 0.1) is 5.92 Å². The van der Waals surface area contributed by atoms with Crippen LogP contribution in [0.4, 0.5) is 5.69 Å². The first-order chi connectivity index (χ1) is 14.9. The predicted molar refractivity (Wildman–Crippen MR) is 124 cm³/mol. The highest BCUT2D eigenvalue weighted by Gasteiger charge is 2.27. The lowest BCUT2D eigenvalue weighted by Gasteiger charge is -2.26. The molecule has 0 N–H and O–H groups in total. The number of rotatable bonds is 7. The van der Waals surface area contributed by atoms with Gasteiger partial charge >= 0.3 is 0 Å². The van der Waals surface area contributed by atoms with E-state index in [1.165, 1.54) is 9.87 Å². The lowest BCUT2D eigenvalue weighted by Crippen LogP contribution is -2.34. The van der Waals surface area contributed by atoms with Crippen molar-refractivity contribution in [3.8, 4) is 0 Å². The van der Waals surface area contributed by atoms with Crippen molar-refractivity contribution in [1.29, 1.82) is 0 Å². The average Bonchev–Trinajstić information content (AvgIpc) is 3.21. The van der Waals surface area contributed by atoms with Crippen molar-refractivity contribution in [1.82, 2.24) is 9.78 Å². The summed E-state index contributed by atoms with van der Waals surface area (Å²) < 4.78 is 36.3. The van der Waals surface area contributed by atoms with Crippen molar-refractivity contribution in [2.45, 2.75) is 51.0 Å². The minimum absolute atomic E-state index is 0.195. The molecule has 1 saturated heterocycles. The van der Waals surface area contributed by atoms with E-state index in [4.69, 9.17) is 4.74 Å². The van der Waals surface area contributed by atoms with Crippen LogP contribution < -0.4 is 4.31 Å². The molecule has 0 bridgehead atoms. The zero-order valence-corrected chi connectivity index (χ0v) is 19.3.